The molecule has 0 radical (unpaired) electrons. The SMILES string of the molecule is CNC(CCCc1ccccc1)CC(C)(C)OC. The van der Waals surface area contributed by atoms with Gasteiger partial charge in [0.25, 0.3) is 0 Å². The second-order valence-corrected chi connectivity index (χ2v) is 5.53. The smallest absolute Gasteiger partial charge is 0.0637 e. The third-order valence-corrected chi connectivity index (χ3v) is 3.56. The summed E-state index contributed by atoms with van der Waals surface area (Å²) in [5.74, 6) is 0. The van der Waals surface area contributed by atoms with E-state index in [-0.39, 0.29) is 5.60 Å². The second kappa shape index (κ2) is 7.55. The van der Waals surface area contributed by atoms with Gasteiger partial charge in [-0.05, 0) is 52.1 Å². The van der Waals surface area contributed by atoms with Crippen LogP contribution >= 0.6 is 0 Å². The summed E-state index contributed by atoms with van der Waals surface area (Å²) in [6, 6.07) is 11.2. The number of hydrogen-bond acceptors (Lipinski definition) is 2. The van der Waals surface area contributed by atoms with Crippen LogP contribution in [0.2, 0.25) is 0 Å². The van der Waals surface area contributed by atoms with Crippen LogP contribution in [-0.2, 0) is 11.2 Å². The second-order valence-electron chi connectivity index (χ2n) is 5.53. The summed E-state index contributed by atoms with van der Waals surface area (Å²) in [6.07, 6.45) is 4.62. The highest BCUT2D eigenvalue weighted by molar-refractivity contribution is 5.14. The van der Waals surface area contributed by atoms with Gasteiger partial charge in [0.15, 0.2) is 0 Å². The molecule has 0 heterocycles. The topological polar surface area (TPSA) is 21.3 Å². The van der Waals surface area contributed by atoms with Crippen molar-refractivity contribution in [2.75, 3.05) is 14.2 Å². The molecule has 0 amide bonds. The number of nitrogens with one attached hydrogen (secondary N) is 1. The predicted molar refractivity (Wildman–Crippen MR) is 77.9 cm³/mol. The van der Waals surface area contributed by atoms with Crippen molar-refractivity contribution < 1.29 is 4.74 Å². The van der Waals surface area contributed by atoms with Crippen molar-refractivity contribution in [3.63, 3.8) is 0 Å². The van der Waals surface area contributed by atoms with Crippen LogP contribution < -0.4 is 5.32 Å². The average molecular weight is 249 g/mol. The highest BCUT2D eigenvalue weighted by Crippen LogP contribution is 2.18. The fourth-order valence-corrected chi connectivity index (χ4v) is 2.22. The van der Waals surface area contributed by atoms with Crippen molar-refractivity contribution in [1.82, 2.24) is 5.32 Å². The molecule has 2 heteroatoms. The van der Waals surface area contributed by atoms with Gasteiger partial charge in [-0.1, -0.05) is 30.3 Å². The van der Waals surface area contributed by atoms with Crippen LogP contribution in [0.1, 0.15) is 38.7 Å². The monoisotopic (exact) mass is 249 g/mol. The van der Waals surface area contributed by atoms with E-state index in [9.17, 15) is 0 Å². The summed E-state index contributed by atoms with van der Waals surface area (Å²) in [4.78, 5) is 0. The standard InChI is InChI=1S/C16H27NO/c1-16(2,18-4)13-15(17-3)12-8-11-14-9-6-5-7-10-14/h5-7,9-10,15,17H,8,11-13H2,1-4H3. The van der Waals surface area contributed by atoms with Gasteiger partial charge in [-0.3, -0.25) is 0 Å². The molecule has 0 aliphatic carbocycles. The van der Waals surface area contributed by atoms with Crippen LogP contribution in [0.4, 0.5) is 0 Å². The molecule has 1 aromatic carbocycles. The molecule has 102 valence electrons. The first-order valence-corrected chi connectivity index (χ1v) is 6.84. The largest absolute Gasteiger partial charge is 0.379 e. The molecule has 0 saturated carbocycles. The Bertz CT molecular complexity index is 321. The lowest BCUT2D eigenvalue weighted by molar-refractivity contribution is 0.00687. The van der Waals surface area contributed by atoms with Crippen molar-refractivity contribution in [3.05, 3.63) is 35.9 Å². The minimum Gasteiger partial charge on any atom is -0.379 e. The lowest BCUT2D eigenvalue weighted by Gasteiger charge is -2.28. The van der Waals surface area contributed by atoms with E-state index in [0.717, 1.165) is 12.8 Å². The molecule has 1 aromatic rings. The molecule has 0 aliphatic rings. The molecule has 1 atom stereocenters. The van der Waals surface area contributed by atoms with Crippen LogP contribution in [0.3, 0.4) is 0 Å². The number of rotatable bonds is 8. The molecule has 0 aliphatic heterocycles. The van der Waals surface area contributed by atoms with Crippen molar-refractivity contribution in [2.24, 2.45) is 0 Å². The molecule has 1 unspecified atom stereocenters. The van der Waals surface area contributed by atoms with E-state index in [1.165, 1.54) is 18.4 Å². The van der Waals surface area contributed by atoms with Crippen LogP contribution in [0.15, 0.2) is 30.3 Å². The summed E-state index contributed by atoms with van der Waals surface area (Å²) < 4.78 is 5.49. The predicted octanol–water partition coefficient (Wildman–Crippen LogP) is 3.41. The first-order valence-electron chi connectivity index (χ1n) is 6.84. The van der Waals surface area contributed by atoms with Gasteiger partial charge in [-0.2, -0.15) is 0 Å². The average Bonchev–Trinajstić information content (AvgIpc) is 2.38. The first-order chi connectivity index (χ1) is 8.57. The molecule has 2 nitrogen and oxygen atoms in total. The maximum Gasteiger partial charge on any atom is 0.0637 e. The Kier molecular flexibility index (Phi) is 6.37. The van der Waals surface area contributed by atoms with Gasteiger partial charge < -0.3 is 10.1 Å². The van der Waals surface area contributed by atoms with Crippen LogP contribution in [0.5, 0.6) is 0 Å². The van der Waals surface area contributed by atoms with E-state index in [1.54, 1.807) is 7.11 Å². The minimum absolute atomic E-state index is 0.0412. The van der Waals surface area contributed by atoms with Crippen LogP contribution in [0, 0.1) is 0 Å². The molecule has 0 spiro atoms. The zero-order valence-electron chi connectivity index (χ0n) is 12.2. The van der Waals surface area contributed by atoms with Crippen molar-refractivity contribution >= 4 is 0 Å². The van der Waals surface area contributed by atoms with E-state index >= 15 is 0 Å². The Morgan fingerprint density at radius 2 is 1.89 bits per heavy atom. The van der Waals surface area contributed by atoms with Gasteiger partial charge in [0.1, 0.15) is 0 Å². The fourth-order valence-electron chi connectivity index (χ4n) is 2.22. The summed E-state index contributed by atoms with van der Waals surface area (Å²) in [7, 11) is 3.83. The third-order valence-electron chi connectivity index (χ3n) is 3.56. The lowest BCUT2D eigenvalue weighted by Crippen LogP contribution is -2.35. The molecular weight excluding hydrogens is 222 g/mol. The molecule has 0 fully saturated rings. The molecule has 0 aromatic heterocycles. The Labute approximate surface area is 112 Å². The highest BCUT2D eigenvalue weighted by Gasteiger charge is 2.21. The minimum atomic E-state index is -0.0412. The summed E-state index contributed by atoms with van der Waals surface area (Å²) in [5, 5.41) is 3.40. The van der Waals surface area contributed by atoms with Crippen LogP contribution in [-0.4, -0.2) is 25.8 Å². The lowest BCUT2D eigenvalue weighted by atomic mass is 9.94. The number of ether oxygens (including phenoxy) is 1. The summed E-state index contributed by atoms with van der Waals surface area (Å²) in [5.41, 5.74) is 1.39. The van der Waals surface area contributed by atoms with Gasteiger partial charge in [0.05, 0.1) is 5.60 Å². The third kappa shape index (κ3) is 5.65. The van der Waals surface area contributed by atoms with Gasteiger partial charge in [0.2, 0.25) is 0 Å². The number of aryl methyl sites for hydroxylation is 1. The van der Waals surface area contributed by atoms with E-state index in [4.69, 9.17) is 4.74 Å². The first kappa shape index (κ1) is 15.2. The molecule has 1 N–H and O–H groups in total. The number of benzene rings is 1. The Morgan fingerprint density at radius 1 is 1.22 bits per heavy atom. The number of methoxy groups -OCH3 is 1. The van der Waals surface area contributed by atoms with E-state index in [0.29, 0.717) is 6.04 Å². The van der Waals surface area contributed by atoms with E-state index in [2.05, 4.69) is 49.5 Å². The quantitative estimate of drug-likeness (QED) is 0.762. The summed E-state index contributed by atoms with van der Waals surface area (Å²) in [6.45, 7) is 4.29. The van der Waals surface area contributed by atoms with Gasteiger partial charge in [-0.25, -0.2) is 0 Å². The molecular formula is C16H27NO. The van der Waals surface area contributed by atoms with Crippen molar-refractivity contribution in [2.45, 2.75) is 51.2 Å². The van der Waals surface area contributed by atoms with E-state index in [1.807, 2.05) is 7.05 Å². The Balaban J connectivity index is 2.32. The zero-order chi connectivity index (χ0) is 13.4. The molecule has 0 bridgehead atoms. The number of hydrogen-bond donors (Lipinski definition) is 1. The maximum absolute atomic E-state index is 5.49. The fraction of sp³-hybridized carbons (Fsp3) is 0.625. The van der Waals surface area contributed by atoms with Crippen molar-refractivity contribution in [3.8, 4) is 0 Å². The normalized spacial score (nSPS) is 13.6. The Morgan fingerprint density at radius 3 is 2.44 bits per heavy atom. The van der Waals surface area contributed by atoms with Gasteiger partial charge in [0, 0.05) is 13.2 Å². The van der Waals surface area contributed by atoms with Gasteiger partial charge in [-0.15, -0.1) is 0 Å². The summed E-state index contributed by atoms with van der Waals surface area (Å²) >= 11 is 0. The van der Waals surface area contributed by atoms with E-state index < -0.39 is 0 Å². The maximum atomic E-state index is 5.49. The molecule has 1 rings (SSSR count). The molecule has 18 heavy (non-hydrogen) atoms. The van der Waals surface area contributed by atoms with Crippen LogP contribution in [0.25, 0.3) is 0 Å². The van der Waals surface area contributed by atoms with Gasteiger partial charge >= 0.3 is 0 Å². The molecule has 0 saturated heterocycles. The Hall–Kier alpha value is -0.860. The zero-order valence-corrected chi connectivity index (χ0v) is 12.2. The highest BCUT2D eigenvalue weighted by atomic mass is 16.5. The van der Waals surface area contributed by atoms with Crippen molar-refractivity contribution in [1.29, 1.82) is 0 Å².